The molecule has 0 saturated carbocycles. The Morgan fingerprint density at radius 3 is 2.80 bits per heavy atom. The number of nitrogens with two attached hydrogens (primary N) is 1. The molecule has 0 amide bonds. The molecule has 0 spiro atoms. The minimum Gasteiger partial charge on any atom is -0.398 e. The molecule has 2 N–H and O–H groups in total. The van der Waals surface area contributed by atoms with Crippen LogP contribution in [0.3, 0.4) is 0 Å². The molecule has 0 heterocycles. The molecule has 1 unspecified atom stereocenters. The fourth-order valence-corrected chi connectivity index (χ4v) is 1.43. The van der Waals surface area contributed by atoms with Gasteiger partial charge in [0.15, 0.2) is 5.84 Å². The molecule has 1 atom stereocenters. The normalized spacial score (nSPS) is 12.3. The van der Waals surface area contributed by atoms with Gasteiger partial charge in [-0.25, -0.2) is 4.99 Å². The second-order valence-electron chi connectivity index (χ2n) is 3.11. The van der Waals surface area contributed by atoms with Crippen molar-refractivity contribution >= 4 is 32.3 Å². The first-order chi connectivity index (χ1) is 7.19. The average molecular weight is 221 g/mol. The third kappa shape index (κ3) is 3.14. The van der Waals surface area contributed by atoms with Crippen molar-refractivity contribution in [1.29, 1.82) is 0 Å². The van der Waals surface area contributed by atoms with Crippen molar-refractivity contribution in [3.63, 3.8) is 0 Å². The molecule has 0 aliphatic rings. The first-order valence-corrected chi connectivity index (χ1v) is 5.41. The lowest BCUT2D eigenvalue weighted by molar-refractivity contribution is 1.31. The summed E-state index contributed by atoms with van der Waals surface area (Å²) in [6, 6.07) is 5.76. The van der Waals surface area contributed by atoms with E-state index in [9.17, 15) is 0 Å². The van der Waals surface area contributed by atoms with Crippen LogP contribution < -0.4 is 11.0 Å². The number of aliphatic imine (C=N–C) groups is 2. The molecule has 0 radical (unpaired) electrons. The third-order valence-electron chi connectivity index (χ3n) is 1.95. The Hall–Kier alpha value is -1.21. The Kier molecular flexibility index (Phi) is 4.44. The molecule has 0 saturated heterocycles. The zero-order chi connectivity index (χ0) is 11.3. The molecule has 3 nitrogen and oxygen atoms in total. The molecule has 1 aromatic rings. The van der Waals surface area contributed by atoms with Crippen LogP contribution in [-0.2, 0) is 0 Å². The molecule has 15 heavy (non-hydrogen) atoms. The third-order valence-corrected chi connectivity index (χ3v) is 2.45. The van der Waals surface area contributed by atoms with E-state index in [1.165, 1.54) is 0 Å². The van der Waals surface area contributed by atoms with Crippen molar-refractivity contribution in [2.24, 2.45) is 9.98 Å². The van der Waals surface area contributed by atoms with Crippen molar-refractivity contribution in [3.05, 3.63) is 23.8 Å². The Morgan fingerprint density at radius 2 is 2.27 bits per heavy atom. The summed E-state index contributed by atoms with van der Waals surface area (Å²) in [4.78, 5) is 8.41. The second-order valence-corrected chi connectivity index (χ2v) is 3.73. The summed E-state index contributed by atoms with van der Waals surface area (Å²) < 4.78 is 0. The van der Waals surface area contributed by atoms with Gasteiger partial charge in [0.1, 0.15) is 0 Å². The van der Waals surface area contributed by atoms with Gasteiger partial charge in [-0.3, -0.25) is 4.99 Å². The summed E-state index contributed by atoms with van der Waals surface area (Å²) in [5.74, 6) is 0.737. The lowest BCUT2D eigenvalue weighted by atomic mass is 10.2. The van der Waals surface area contributed by atoms with Crippen LogP contribution >= 0.6 is 9.24 Å². The lowest BCUT2D eigenvalue weighted by Crippen LogP contribution is -2.06. The van der Waals surface area contributed by atoms with E-state index in [0.717, 1.165) is 28.8 Å². The second kappa shape index (κ2) is 5.62. The van der Waals surface area contributed by atoms with Gasteiger partial charge < -0.3 is 5.73 Å². The predicted octanol–water partition coefficient (Wildman–Crippen LogP) is 1.63. The Bertz CT molecular complexity index is 397. The van der Waals surface area contributed by atoms with Crippen molar-refractivity contribution in [2.75, 3.05) is 12.8 Å². The van der Waals surface area contributed by atoms with E-state index >= 15 is 0 Å². The summed E-state index contributed by atoms with van der Waals surface area (Å²) in [7, 11) is 4.34. The van der Waals surface area contributed by atoms with Gasteiger partial charge in [0.2, 0.25) is 0 Å². The van der Waals surface area contributed by atoms with Crippen LogP contribution in [0.2, 0.25) is 0 Å². The number of amidine groups is 1. The monoisotopic (exact) mass is 221 g/mol. The van der Waals surface area contributed by atoms with E-state index in [2.05, 4.69) is 19.2 Å². The summed E-state index contributed by atoms with van der Waals surface area (Å²) in [6.07, 6.45) is 2.75. The fraction of sp³-hybridized carbons (Fsp3) is 0.273. The van der Waals surface area contributed by atoms with Crippen LogP contribution in [0.1, 0.15) is 18.9 Å². The molecule has 0 aromatic heterocycles. The highest BCUT2D eigenvalue weighted by molar-refractivity contribution is 7.28. The maximum atomic E-state index is 5.73. The van der Waals surface area contributed by atoms with Crippen LogP contribution in [0, 0.1) is 0 Å². The number of hydrogen-bond donors (Lipinski definition) is 1. The van der Waals surface area contributed by atoms with E-state index in [4.69, 9.17) is 5.73 Å². The van der Waals surface area contributed by atoms with Crippen LogP contribution in [0.5, 0.6) is 0 Å². The largest absolute Gasteiger partial charge is 0.398 e. The van der Waals surface area contributed by atoms with Gasteiger partial charge in [0.25, 0.3) is 0 Å². The maximum Gasteiger partial charge on any atom is 0.153 e. The lowest BCUT2D eigenvalue weighted by Gasteiger charge is -2.03. The van der Waals surface area contributed by atoms with Gasteiger partial charge in [-0.1, -0.05) is 6.92 Å². The molecule has 1 aromatic carbocycles. The number of nitrogens with zero attached hydrogens (tertiary/aromatic N) is 2. The van der Waals surface area contributed by atoms with Gasteiger partial charge in [-0.15, -0.1) is 9.24 Å². The minimum atomic E-state index is 0.737. The summed E-state index contributed by atoms with van der Waals surface area (Å²) in [5, 5.41) is 0.973. The fourth-order valence-electron chi connectivity index (χ4n) is 1.15. The molecule has 4 heteroatoms. The SMILES string of the molecule is CCC=NC(=NC)c1ccc(N)c(P)c1. The first-order valence-electron chi connectivity index (χ1n) is 4.83. The summed E-state index contributed by atoms with van der Waals surface area (Å²) in [5.41, 5.74) is 7.48. The summed E-state index contributed by atoms with van der Waals surface area (Å²) >= 11 is 0. The smallest absolute Gasteiger partial charge is 0.153 e. The van der Waals surface area contributed by atoms with Crippen LogP contribution in [0.15, 0.2) is 28.2 Å². The van der Waals surface area contributed by atoms with E-state index in [1.807, 2.05) is 31.3 Å². The molecule has 0 aliphatic carbocycles. The van der Waals surface area contributed by atoms with E-state index in [1.54, 1.807) is 7.05 Å². The van der Waals surface area contributed by atoms with E-state index < -0.39 is 0 Å². The minimum absolute atomic E-state index is 0.737. The number of anilines is 1. The zero-order valence-corrected chi connectivity index (χ0v) is 10.2. The van der Waals surface area contributed by atoms with Crippen molar-refractivity contribution in [3.8, 4) is 0 Å². The predicted molar refractivity (Wildman–Crippen MR) is 71.4 cm³/mol. The van der Waals surface area contributed by atoms with Gasteiger partial charge >= 0.3 is 0 Å². The summed E-state index contributed by atoms with van der Waals surface area (Å²) in [6.45, 7) is 2.04. The molecule has 1 rings (SSSR count). The Morgan fingerprint density at radius 1 is 1.53 bits per heavy atom. The topological polar surface area (TPSA) is 50.7 Å². The van der Waals surface area contributed by atoms with Crippen LogP contribution in [0.25, 0.3) is 0 Å². The van der Waals surface area contributed by atoms with Gasteiger partial charge in [0, 0.05) is 24.5 Å². The highest BCUT2D eigenvalue weighted by Crippen LogP contribution is 2.08. The Balaban J connectivity index is 3.04. The van der Waals surface area contributed by atoms with Gasteiger partial charge in [-0.05, 0) is 29.9 Å². The quantitative estimate of drug-likeness (QED) is 0.351. The number of hydrogen-bond acceptors (Lipinski definition) is 2. The molecular formula is C11H16N3P. The molecule has 0 aliphatic heterocycles. The zero-order valence-electron chi connectivity index (χ0n) is 9.07. The van der Waals surface area contributed by atoms with E-state index in [0.29, 0.717) is 0 Å². The standard InChI is InChI=1S/C11H16N3P/c1-3-6-14-11(13-2)8-4-5-9(12)10(15)7-8/h4-7H,3,12,15H2,1-2H3. The van der Waals surface area contributed by atoms with E-state index in [-0.39, 0.29) is 0 Å². The number of benzene rings is 1. The first kappa shape index (κ1) is 11.9. The van der Waals surface area contributed by atoms with Crippen molar-refractivity contribution in [2.45, 2.75) is 13.3 Å². The number of rotatable bonds is 2. The van der Waals surface area contributed by atoms with Gasteiger partial charge in [-0.2, -0.15) is 0 Å². The number of nitrogen functional groups attached to an aromatic ring is 1. The average Bonchev–Trinajstić information content (AvgIpc) is 2.24. The highest BCUT2D eigenvalue weighted by atomic mass is 31.0. The maximum absolute atomic E-state index is 5.73. The van der Waals surface area contributed by atoms with Crippen molar-refractivity contribution in [1.82, 2.24) is 0 Å². The molecule has 0 fully saturated rings. The molecule has 80 valence electrons. The van der Waals surface area contributed by atoms with Crippen LogP contribution in [-0.4, -0.2) is 19.1 Å². The molecular weight excluding hydrogens is 205 g/mol. The van der Waals surface area contributed by atoms with Gasteiger partial charge in [0.05, 0.1) is 0 Å². The van der Waals surface area contributed by atoms with Crippen LogP contribution in [0.4, 0.5) is 5.69 Å². The highest BCUT2D eigenvalue weighted by Gasteiger charge is 2.01. The molecule has 0 bridgehead atoms. The Labute approximate surface area is 92.7 Å². The van der Waals surface area contributed by atoms with Crippen molar-refractivity contribution < 1.29 is 0 Å².